The Morgan fingerprint density at radius 3 is 2.61 bits per heavy atom. The number of benzene rings is 1. The van der Waals surface area contributed by atoms with Crippen LogP contribution in [0, 0.1) is 0 Å². The second-order valence-corrected chi connectivity index (χ2v) is 8.38. The maximum absolute atomic E-state index is 12.2. The van der Waals surface area contributed by atoms with Crippen LogP contribution in [0.25, 0.3) is 0 Å². The number of nitrogens with zero attached hydrogens (tertiary/aromatic N) is 1. The monoisotopic (exact) mass is 358 g/mol. The van der Waals surface area contributed by atoms with Crippen LogP contribution < -0.4 is 5.32 Å². The van der Waals surface area contributed by atoms with Gasteiger partial charge >= 0.3 is 0 Å². The first-order valence-corrected chi connectivity index (χ1v) is 9.91. The average Bonchev–Trinajstić information content (AvgIpc) is 3.05. The summed E-state index contributed by atoms with van der Waals surface area (Å²) in [6.07, 6.45) is 2.35. The summed E-state index contributed by atoms with van der Waals surface area (Å²) < 4.78 is 24.5. The van der Waals surface area contributed by atoms with E-state index in [4.69, 9.17) is 11.6 Å². The summed E-state index contributed by atoms with van der Waals surface area (Å²) in [6.45, 7) is 4.76. The van der Waals surface area contributed by atoms with Gasteiger partial charge in [0.2, 0.25) is 5.91 Å². The zero-order valence-corrected chi connectivity index (χ0v) is 14.9. The highest BCUT2D eigenvalue weighted by molar-refractivity contribution is 7.91. The molecular formula is C16H23ClN2O3S. The number of rotatable bonds is 7. The van der Waals surface area contributed by atoms with Crippen LogP contribution in [-0.4, -0.2) is 50.7 Å². The van der Waals surface area contributed by atoms with Crippen molar-refractivity contribution in [2.75, 3.05) is 25.4 Å². The van der Waals surface area contributed by atoms with E-state index >= 15 is 0 Å². The Morgan fingerprint density at radius 1 is 1.30 bits per heavy atom. The molecule has 1 aromatic carbocycles. The van der Waals surface area contributed by atoms with Crippen molar-refractivity contribution in [1.82, 2.24) is 10.2 Å². The molecule has 1 heterocycles. The number of sulfone groups is 1. The Kier molecular flexibility index (Phi) is 6.44. The lowest BCUT2D eigenvalue weighted by molar-refractivity contribution is -0.120. The van der Waals surface area contributed by atoms with E-state index in [0.717, 1.165) is 13.1 Å². The van der Waals surface area contributed by atoms with Gasteiger partial charge in [-0.05, 0) is 45.0 Å². The number of halogens is 1. The predicted octanol–water partition coefficient (Wildman–Crippen LogP) is 2.10. The van der Waals surface area contributed by atoms with Crippen molar-refractivity contribution >= 4 is 27.3 Å². The average molecular weight is 359 g/mol. The van der Waals surface area contributed by atoms with Gasteiger partial charge in [0.15, 0.2) is 9.84 Å². The molecule has 1 atom stereocenters. The van der Waals surface area contributed by atoms with E-state index in [1.54, 1.807) is 12.1 Å². The fraction of sp³-hybridized carbons (Fsp3) is 0.562. The minimum Gasteiger partial charge on any atom is -0.355 e. The van der Waals surface area contributed by atoms with E-state index in [9.17, 15) is 13.2 Å². The van der Waals surface area contributed by atoms with Gasteiger partial charge in [-0.2, -0.15) is 0 Å². The van der Waals surface area contributed by atoms with Crippen molar-refractivity contribution in [2.45, 2.75) is 37.1 Å². The maximum Gasteiger partial charge on any atom is 0.221 e. The molecule has 0 saturated carbocycles. The second kappa shape index (κ2) is 8.13. The highest BCUT2D eigenvalue weighted by Gasteiger charge is 2.21. The fourth-order valence-corrected chi connectivity index (χ4v) is 4.51. The van der Waals surface area contributed by atoms with Crippen molar-refractivity contribution in [3.8, 4) is 0 Å². The Labute approximate surface area is 142 Å². The van der Waals surface area contributed by atoms with Crippen LogP contribution in [0.1, 0.15) is 26.2 Å². The molecule has 0 bridgehead atoms. The third-order valence-corrected chi connectivity index (χ3v) is 6.34. The van der Waals surface area contributed by atoms with Crippen molar-refractivity contribution in [1.29, 1.82) is 0 Å². The minimum absolute atomic E-state index is 0.0553. The van der Waals surface area contributed by atoms with Gasteiger partial charge in [0.05, 0.1) is 15.7 Å². The summed E-state index contributed by atoms with van der Waals surface area (Å²) in [5, 5.41) is 3.01. The summed E-state index contributed by atoms with van der Waals surface area (Å²) in [6, 6.07) is 6.57. The zero-order valence-electron chi connectivity index (χ0n) is 13.3. The van der Waals surface area contributed by atoms with Gasteiger partial charge in [0.1, 0.15) is 0 Å². The first kappa shape index (κ1) is 18.2. The van der Waals surface area contributed by atoms with E-state index in [1.807, 2.05) is 0 Å². The lowest BCUT2D eigenvalue weighted by atomic mass is 10.3. The van der Waals surface area contributed by atoms with E-state index in [0.29, 0.717) is 6.54 Å². The lowest BCUT2D eigenvalue weighted by Crippen LogP contribution is -2.41. The quantitative estimate of drug-likeness (QED) is 0.810. The van der Waals surface area contributed by atoms with Crippen molar-refractivity contribution in [3.05, 3.63) is 29.3 Å². The Morgan fingerprint density at radius 2 is 1.96 bits per heavy atom. The van der Waals surface area contributed by atoms with Gasteiger partial charge in [-0.1, -0.05) is 23.7 Å². The number of nitrogens with one attached hydrogen (secondary N) is 1. The highest BCUT2D eigenvalue weighted by Crippen LogP contribution is 2.22. The molecule has 1 saturated heterocycles. The molecule has 1 aromatic rings. The van der Waals surface area contributed by atoms with Crippen LogP contribution in [0.5, 0.6) is 0 Å². The fourth-order valence-electron chi connectivity index (χ4n) is 2.70. The molecule has 128 valence electrons. The largest absolute Gasteiger partial charge is 0.355 e. The molecule has 1 N–H and O–H groups in total. The standard InChI is InChI=1S/C16H23ClN2O3S/c1-13(19-9-4-5-10-19)12-18-16(20)8-11-23(21,22)15-7-3-2-6-14(15)17/h2-3,6-7,13H,4-5,8-12H2,1H3,(H,18,20). The third kappa shape index (κ3) is 5.19. The summed E-state index contributed by atoms with van der Waals surface area (Å²) >= 11 is 5.91. The molecule has 1 amide bonds. The molecule has 1 fully saturated rings. The summed E-state index contributed by atoms with van der Waals surface area (Å²) in [4.78, 5) is 14.3. The van der Waals surface area contributed by atoms with Crippen LogP contribution in [0.3, 0.4) is 0 Å². The number of carbonyl (C=O) groups is 1. The SMILES string of the molecule is CC(CNC(=O)CCS(=O)(=O)c1ccccc1Cl)N1CCCC1. The van der Waals surface area contributed by atoms with Crippen molar-refractivity contribution < 1.29 is 13.2 Å². The van der Waals surface area contributed by atoms with Crippen LogP contribution >= 0.6 is 11.6 Å². The Balaban J connectivity index is 1.80. The molecule has 23 heavy (non-hydrogen) atoms. The van der Waals surface area contributed by atoms with Crippen LogP contribution in [0.15, 0.2) is 29.2 Å². The number of carbonyl (C=O) groups excluding carboxylic acids is 1. The van der Waals surface area contributed by atoms with E-state index < -0.39 is 9.84 Å². The van der Waals surface area contributed by atoms with E-state index in [2.05, 4.69) is 17.1 Å². The molecule has 1 aliphatic heterocycles. The van der Waals surface area contributed by atoms with Gasteiger partial charge in [-0.25, -0.2) is 8.42 Å². The summed E-state index contributed by atoms with van der Waals surface area (Å²) in [5.74, 6) is -0.479. The predicted molar refractivity (Wildman–Crippen MR) is 91.4 cm³/mol. The van der Waals surface area contributed by atoms with E-state index in [-0.39, 0.29) is 34.0 Å². The van der Waals surface area contributed by atoms with Gasteiger partial charge in [-0.3, -0.25) is 9.69 Å². The number of likely N-dealkylation sites (tertiary alicyclic amines) is 1. The molecule has 1 unspecified atom stereocenters. The highest BCUT2D eigenvalue weighted by atomic mass is 35.5. The normalized spacial score (nSPS) is 17.1. The van der Waals surface area contributed by atoms with Gasteiger partial charge < -0.3 is 5.32 Å². The molecule has 0 aromatic heterocycles. The maximum atomic E-state index is 12.2. The molecule has 7 heteroatoms. The third-order valence-electron chi connectivity index (χ3n) is 4.13. The number of hydrogen-bond donors (Lipinski definition) is 1. The Bertz CT molecular complexity index is 642. The van der Waals surface area contributed by atoms with Crippen molar-refractivity contribution in [2.24, 2.45) is 0 Å². The van der Waals surface area contributed by atoms with Gasteiger partial charge in [0.25, 0.3) is 0 Å². The van der Waals surface area contributed by atoms with Crippen LogP contribution in [0.2, 0.25) is 5.02 Å². The van der Waals surface area contributed by atoms with Crippen molar-refractivity contribution in [3.63, 3.8) is 0 Å². The number of amides is 1. The van der Waals surface area contributed by atoms with Crippen LogP contribution in [0.4, 0.5) is 0 Å². The molecule has 0 spiro atoms. The molecule has 2 rings (SSSR count). The molecule has 0 aliphatic carbocycles. The topological polar surface area (TPSA) is 66.5 Å². The molecular weight excluding hydrogens is 336 g/mol. The lowest BCUT2D eigenvalue weighted by Gasteiger charge is -2.23. The number of hydrogen-bond acceptors (Lipinski definition) is 4. The second-order valence-electron chi connectivity index (χ2n) is 5.90. The first-order chi connectivity index (χ1) is 10.9. The zero-order chi connectivity index (χ0) is 16.9. The minimum atomic E-state index is -3.54. The van der Waals surface area contributed by atoms with Crippen LogP contribution in [-0.2, 0) is 14.6 Å². The smallest absolute Gasteiger partial charge is 0.221 e. The van der Waals surface area contributed by atoms with E-state index in [1.165, 1.54) is 25.0 Å². The summed E-state index contributed by atoms with van der Waals surface area (Å²) in [7, 11) is -3.54. The van der Waals surface area contributed by atoms with Gasteiger partial charge in [0, 0.05) is 19.0 Å². The molecule has 5 nitrogen and oxygen atoms in total. The Hall–Kier alpha value is -1.11. The molecule has 0 radical (unpaired) electrons. The molecule has 1 aliphatic rings. The first-order valence-electron chi connectivity index (χ1n) is 7.88. The summed E-state index contributed by atoms with van der Waals surface area (Å²) in [5.41, 5.74) is 0. The van der Waals surface area contributed by atoms with Gasteiger partial charge in [-0.15, -0.1) is 0 Å².